The van der Waals surface area contributed by atoms with Crippen LogP contribution in [0.1, 0.15) is 25.5 Å². The van der Waals surface area contributed by atoms with E-state index in [4.69, 9.17) is 5.73 Å². The lowest BCUT2D eigenvalue weighted by molar-refractivity contribution is 0.595. The minimum absolute atomic E-state index is 0.203. The molecular weight excluding hydrogens is 222 g/mol. The molecule has 2 aromatic rings. The molecule has 1 unspecified atom stereocenters. The average Bonchev–Trinajstić information content (AvgIpc) is 2.86. The summed E-state index contributed by atoms with van der Waals surface area (Å²) in [6.45, 7) is 2.14. The van der Waals surface area contributed by atoms with Gasteiger partial charge >= 0.3 is 0 Å². The highest BCUT2D eigenvalue weighted by atomic mass is 32.1. The Hall–Kier alpha value is -1.27. The third-order valence-electron chi connectivity index (χ3n) is 2.30. The molecule has 86 valence electrons. The van der Waals surface area contributed by atoms with Gasteiger partial charge in [0.25, 0.3) is 0 Å². The molecule has 2 aromatic heterocycles. The van der Waals surface area contributed by atoms with Crippen LogP contribution in [0, 0.1) is 0 Å². The van der Waals surface area contributed by atoms with Gasteiger partial charge in [0.2, 0.25) is 0 Å². The summed E-state index contributed by atoms with van der Waals surface area (Å²) >= 11 is 1.57. The maximum atomic E-state index is 5.97. The number of aromatic amines is 1. The highest BCUT2D eigenvalue weighted by Crippen LogP contribution is 2.20. The Labute approximate surface area is 98.1 Å². The SMILES string of the molecule is CCCC(N)Cc1csc(-c2ncn[nH]2)n1. The Morgan fingerprint density at radius 1 is 1.56 bits per heavy atom. The second-order valence-corrected chi connectivity index (χ2v) is 4.59. The van der Waals surface area contributed by atoms with E-state index in [2.05, 4.69) is 27.1 Å². The number of rotatable bonds is 5. The molecule has 2 rings (SSSR count). The fourth-order valence-electron chi connectivity index (χ4n) is 1.56. The minimum atomic E-state index is 0.203. The van der Waals surface area contributed by atoms with Crippen LogP contribution in [0.4, 0.5) is 0 Å². The Morgan fingerprint density at radius 2 is 2.44 bits per heavy atom. The van der Waals surface area contributed by atoms with Crippen LogP contribution in [0.5, 0.6) is 0 Å². The molecule has 0 bridgehead atoms. The third kappa shape index (κ3) is 2.65. The van der Waals surface area contributed by atoms with E-state index < -0.39 is 0 Å². The van der Waals surface area contributed by atoms with Crippen LogP contribution < -0.4 is 5.73 Å². The smallest absolute Gasteiger partial charge is 0.184 e. The minimum Gasteiger partial charge on any atom is -0.327 e. The lowest BCUT2D eigenvalue weighted by Crippen LogP contribution is -2.22. The molecule has 16 heavy (non-hydrogen) atoms. The number of thiazole rings is 1. The second-order valence-electron chi connectivity index (χ2n) is 3.73. The first kappa shape index (κ1) is 11.2. The lowest BCUT2D eigenvalue weighted by Gasteiger charge is -2.06. The zero-order chi connectivity index (χ0) is 11.4. The zero-order valence-corrected chi connectivity index (χ0v) is 10.00. The van der Waals surface area contributed by atoms with Gasteiger partial charge in [-0.25, -0.2) is 9.97 Å². The number of aromatic nitrogens is 4. The highest BCUT2D eigenvalue weighted by molar-refractivity contribution is 7.13. The van der Waals surface area contributed by atoms with Crippen LogP contribution in [0.25, 0.3) is 10.8 Å². The third-order valence-corrected chi connectivity index (χ3v) is 3.20. The first-order valence-electron chi connectivity index (χ1n) is 5.35. The van der Waals surface area contributed by atoms with E-state index in [1.807, 2.05) is 5.38 Å². The van der Waals surface area contributed by atoms with Crippen LogP contribution >= 0.6 is 11.3 Å². The molecule has 1 atom stereocenters. The van der Waals surface area contributed by atoms with Crippen molar-refractivity contribution in [3.63, 3.8) is 0 Å². The van der Waals surface area contributed by atoms with Crippen molar-refractivity contribution in [3.8, 4) is 10.8 Å². The fraction of sp³-hybridized carbons (Fsp3) is 0.500. The number of nitrogens with zero attached hydrogens (tertiary/aromatic N) is 3. The molecule has 0 aliphatic carbocycles. The van der Waals surface area contributed by atoms with Crippen molar-refractivity contribution in [2.45, 2.75) is 32.2 Å². The fourth-order valence-corrected chi connectivity index (χ4v) is 2.34. The summed E-state index contributed by atoms with van der Waals surface area (Å²) in [7, 11) is 0. The highest BCUT2D eigenvalue weighted by Gasteiger charge is 2.09. The van der Waals surface area contributed by atoms with Crippen molar-refractivity contribution < 1.29 is 0 Å². The molecule has 0 amide bonds. The van der Waals surface area contributed by atoms with Crippen molar-refractivity contribution >= 4 is 11.3 Å². The molecule has 0 aliphatic heterocycles. The van der Waals surface area contributed by atoms with Crippen LogP contribution in [-0.4, -0.2) is 26.2 Å². The van der Waals surface area contributed by atoms with Gasteiger partial charge in [0, 0.05) is 17.8 Å². The molecule has 2 heterocycles. The number of H-pyrrole nitrogens is 1. The molecular formula is C10H15N5S. The van der Waals surface area contributed by atoms with Crippen molar-refractivity contribution in [1.82, 2.24) is 20.2 Å². The Bertz CT molecular complexity index is 422. The van der Waals surface area contributed by atoms with Crippen LogP contribution in [0.3, 0.4) is 0 Å². The maximum Gasteiger partial charge on any atom is 0.184 e. The van der Waals surface area contributed by atoms with Gasteiger partial charge in [-0.2, -0.15) is 5.10 Å². The van der Waals surface area contributed by atoms with Gasteiger partial charge in [-0.15, -0.1) is 11.3 Å². The predicted octanol–water partition coefficient (Wildman–Crippen LogP) is 1.60. The topological polar surface area (TPSA) is 80.5 Å². The summed E-state index contributed by atoms with van der Waals surface area (Å²) < 4.78 is 0. The second kappa shape index (κ2) is 5.18. The molecule has 5 nitrogen and oxygen atoms in total. The molecule has 6 heteroatoms. The number of hydrogen-bond acceptors (Lipinski definition) is 5. The number of nitrogens with one attached hydrogen (secondary N) is 1. The molecule has 0 aromatic carbocycles. The summed E-state index contributed by atoms with van der Waals surface area (Å²) in [6, 6.07) is 0.203. The van der Waals surface area contributed by atoms with Crippen molar-refractivity contribution in [2.24, 2.45) is 5.73 Å². The maximum absolute atomic E-state index is 5.97. The van der Waals surface area contributed by atoms with E-state index in [9.17, 15) is 0 Å². The van der Waals surface area contributed by atoms with E-state index in [0.717, 1.165) is 35.8 Å². The molecule has 0 saturated heterocycles. The summed E-state index contributed by atoms with van der Waals surface area (Å²) in [5.74, 6) is 0.723. The van der Waals surface area contributed by atoms with Crippen molar-refractivity contribution in [3.05, 3.63) is 17.4 Å². The van der Waals surface area contributed by atoms with Crippen molar-refractivity contribution in [1.29, 1.82) is 0 Å². The summed E-state index contributed by atoms with van der Waals surface area (Å²) in [4.78, 5) is 8.55. The van der Waals surface area contributed by atoms with Gasteiger partial charge < -0.3 is 5.73 Å². The van der Waals surface area contributed by atoms with Gasteiger partial charge in [-0.3, -0.25) is 5.10 Å². The van der Waals surface area contributed by atoms with Gasteiger partial charge in [-0.1, -0.05) is 13.3 Å². The predicted molar refractivity (Wildman–Crippen MR) is 64.1 cm³/mol. The molecule has 3 N–H and O–H groups in total. The summed E-state index contributed by atoms with van der Waals surface area (Å²) in [5.41, 5.74) is 7.01. The largest absolute Gasteiger partial charge is 0.327 e. The molecule has 0 radical (unpaired) electrons. The van der Waals surface area contributed by atoms with Gasteiger partial charge in [0.15, 0.2) is 10.8 Å². The average molecular weight is 237 g/mol. The Morgan fingerprint density at radius 3 is 3.12 bits per heavy atom. The van der Waals surface area contributed by atoms with E-state index in [1.54, 1.807) is 11.3 Å². The van der Waals surface area contributed by atoms with Gasteiger partial charge in [0.05, 0.1) is 5.69 Å². The number of hydrogen-bond donors (Lipinski definition) is 2. The normalized spacial score (nSPS) is 12.9. The van der Waals surface area contributed by atoms with Crippen LogP contribution in [-0.2, 0) is 6.42 Å². The van der Waals surface area contributed by atoms with Crippen LogP contribution in [0.15, 0.2) is 11.7 Å². The molecule has 0 fully saturated rings. The first-order chi connectivity index (χ1) is 7.79. The van der Waals surface area contributed by atoms with E-state index in [0.29, 0.717) is 0 Å². The van der Waals surface area contributed by atoms with Crippen molar-refractivity contribution in [2.75, 3.05) is 0 Å². The molecule has 0 saturated carbocycles. The number of nitrogens with two attached hydrogens (primary N) is 1. The van der Waals surface area contributed by atoms with Crippen LogP contribution in [0.2, 0.25) is 0 Å². The van der Waals surface area contributed by atoms with E-state index >= 15 is 0 Å². The van der Waals surface area contributed by atoms with E-state index in [1.165, 1.54) is 6.33 Å². The Kier molecular flexibility index (Phi) is 3.63. The molecule has 0 aliphatic rings. The molecule has 0 spiro atoms. The lowest BCUT2D eigenvalue weighted by atomic mass is 10.1. The monoisotopic (exact) mass is 237 g/mol. The summed E-state index contributed by atoms with van der Waals surface area (Å²) in [5, 5.41) is 9.51. The standard InChI is InChI=1S/C10H15N5S/c1-2-3-7(11)4-8-5-16-10(14-8)9-12-6-13-15-9/h5-7H,2-4,11H2,1H3,(H,12,13,15). The first-order valence-corrected chi connectivity index (χ1v) is 6.23. The summed E-state index contributed by atoms with van der Waals surface area (Å²) in [6.07, 6.45) is 4.47. The van der Waals surface area contributed by atoms with E-state index in [-0.39, 0.29) is 6.04 Å². The quantitative estimate of drug-likeness (QED) is 0.827. The Balaban J connectivity index is 2.03. The van der Waals surface area contributed by atoms with Gasteiger partial charge in [-0.05, 0) is 6.42 Å². The zero-order valence-electron chi connectivity index (χ0n) is 9.18. The van der Waals surface area contributed by atoms with Gasteiger partial charge in [0.1, 0.15) is 6.33 Å².